The van der Waals surface area contributed by atoms with Crippen LogP contribution in [0, 0.1) is 0 Å². The highest BCUT2D eigenvalue weighted by Gasteiger charge is 2.21. The van der Waals surface area contributed by atoms with Crippen LogP contribution in [0.1, 0.15) is 36.7 Å². The third-order valence-electron chi connectivity index (χ3n) is 3.05. The number of amides is 1. The first-order valence-electron chi connectivity index (χ1n) is 6.74. The lowest BCUT2D eigenvalue weighted by Crippen LogP contribution is -2.40. The van der Waals surface area contributed by atoms with E-state index in [0.29, 0.717) is 17.9 Å². The quantitative estimate of drug-likeness (QED) is 0.723. The second-order valence-corrected chi connectivity index (χ2v) is 4.65. The molecule has 7 nitrogen and oxygen atoms in total. The summed E-state index contributed by atoms with van der Waals surface area (Å²) < 4.78 is 5.19. The molecule has 0 bridgehead atoms. The van der Waals surface area contributed by atoms with Crippen molar-refractivity contribution >= 4 is 11.9 Å². The SMILES string of the molecule is CCCC[C@H](NC(=O)c1cc(-c2ccco2)[nH]n1)C(=O)O. The number of aliphatic carboxylic acids is 1. The fraction of sp³-hybridized carbons (Fsp3) is 0.357. The first-order chi connectivity index (χ1) is 10.1. The molecule has 2 heterocycles. The zero-order valence-electron chi connectivity index (χ0n) is 11.6. The predicted octanol–water partition coefficient (Wildman–Crippen LogP) is 2.04. The van der Waals surface area contributed by atoms with Crippen LogP contribution < -0.4 is 5.32 Å². The maximum absolute atomic E-state index is 12.0. The van der Waals surface area contributed by atoms with Gasteiger partial charge in [-0.25, -0.2) is 4.79 Å². The van der Waals surface area contributed by atoms with Crippen molar-refractivity contribution in [2.45, 2.75) is 32.2 Å². The molecule has 112 valence electrons. The molecule has 1 amide bonds. The van der Waals surface area contributed by atoms with Gasteiger partial charge in [0.15, 0.2) is 11.5 Å². The molecule has 0 aliphatic rings. The largest absolute Gasteiger partial charge is 0.480 e. The number of carboxylic acid groups (broad SMARTS) is 1. The first-order valence-corrected chi connectivity index (χ1v) is 6.74. The first kappa shape index (κ1) is 14.8. The second-order valence-electron chi connectivity index (χ2n) is 4.65. The summed E-state index contributed by atoms with van der Waals surface area (Å²) in [5.74, 6) is -1.01. The standard InChI is InChI=1S/C14H17N3O4/c1-2-3-5-9(14(19)20)15-13(18)11-8-10(16-17-11)12-6-4-7-21-12/h4,6-9H,2-3,5H2,1H3,(H,15,18)(H,16,17)(H,19,20)/t9-/m0/s1. The number of furan rings is 1. The van der Waals surface area contributed by atoms with E-state index in [2.05, 4.69) is 15.5 Å². The number of H-pyrrole nitrogens is 1. The van der Waals surface area contributed by atoms with Crippen molar-refractivity contribution in [1.29, 1.82) is 0 Å². The van der Waals surface area contributed by atoms with Crippen molar-refractivity contribution in [2.24, 2.45) is 0 Å². The molecule has 0 spiro atoms. The Morgan fingerprint density at radius 3 is 2.95 bits per heavy atom. The smallest absolute Gasteiger partial charge is 0.326 e. The van der Waals surface area contributed by atoms with Gasteiger partial charge in [0.1, 0.15) is 11.7 Å². The zero-order valence-corrected chi connectivity index (χ0v) is 11.6. The number of nitrogens with one attached hydrogen (secondary N) is 2. The maximum Gasteiger partial charge on any atom is 0.326 e. The van der Waals surface area contributed by atoms with Gasteiger partial charge in [-0.3, -0.25) is 9.89 Å². The molecule has 0 fully saturated rings. The van der Waals surface area contributed by atoms with E-state index < -0.39 is 17.9 Å². The van der Waals surface area contributed by atoms with Crippen LogP contribution in [-0.4, -0.2) is 33.2 Å². The minimum Gasteiger partial charge on any atom is -0.480 e. The molecule has 0 saturated carbocycles. The van der Waals surface area contributed by atoms with Gasteiger partial charge < -0.3 is 14.8 Å². The van der Waals surface area contributed by atoms with Gasteiger partial charge in [0, 0.05) is 6.07 Å². The molecule has 1 atom stereocenters. The van der Waals surface area contributed by atoms with Crippen molar-refractivity contribution in [3.8, 4) is 11.5 Å². The lowest BCUT2D eigenvalue weighted by atomic mass is 10.1. The van der Waals surface area contributed by atoms with Crippen LogP contribution >= 0.6 is 0 Å². The Morgan fingerprint density at radius 1 is 1.52 bits per heavy atom. The van der Waals surface area contributed by atoms with Gasteiger partial charge in [0.25, 0.3) is 5.91 Å². The summed E-state index contributed by atoms with van der Waals surface area (Å²) in [5.41, 5.74) is 0.690. The molecule has 0 saturated heterocycles. The fourth-order valence-electron chi connectivity index (χ4n) is 1.89. The average Bonchev–Trinajstić information content (AvgIpc) is 3.12. The Labute approximate surface area is 121 Å². The van der Waals surface area contributed by atoms with Gasteiger partial charge in [0.05, 0.1) is 6.26 Å². The minimum absolute atomic E-state index is 0.129. The average molecular weight is 291 g/mol. The van der Waals surface area contributed by atoms with Gasteiger partial charge in [-0.2, -0.15) is 5.10 Å². The fourth-order valence-corrected chi connectivity index (χ4v) is 1.89. The van der Waals surface area contributed by atoms with Crippen molar-refractivity contribution in [1.82, 2.24) is 15.5 Å². The Balaban J connectivity index is 2.04. The van der Waals surface area contributed by atoms with E-state index in [1.54, 1.807) is 12.1 Å². The van der Waals surface area contributed by atoms with Crippen molar-refractivity contribution in [3.63, 3.8) is 0 Å². The Kier molecular flexibility index (Phi) is 4.76. The monoisotopic (exact) mass is 291 g/mol. The number of nitrogens with zero attached hydrogens (tertiary/aromatic N) is 1. The molecular formula is C14H17N3O4. The van der Waals surface area contributed by atoms with Crippen LogP contribution in [0.3, 0.4) is 0 Å². The summed E-state index contributed by atoms with van der Waals surface area (Å²) in [5, 5.41) is 18.1. The summed E-state index contributed by atoms with van der Waals surface area (Å²) >= 11 is 0. The number of hydrogen-bond donors (Lipinski definition) is 3. The number of aromatic nitrogens is 2. The highest BCUT2D eigenvalue weighted by molar-refractivity contribution is 5.95. The molecule has 2 rings (SSSR count). The number of carbonyl (C=O) groups excluding carboxylic acids is 1. The van der Waals surface area contributed by atoms with E-state index in [9.17, 15) is 9.59 Å². The molecule has 3 N–H and O–H groups in total. The summed E-state index contributed by atoms with van der Waals surface area (Å²) in [7, 11) is 0. The summed E-state index contributed by atoms with van der Waals surface area (Å²) in [6.07, 6.45) is 3.51. The highest BCUT2D eigenvalue weighted by atomic mass is 16.4. The van der Waals surface area contributed by atoms with Gasteiger partial charge in [0.2, 0.25) is 0 Å². The topological polar surface area (TPSA) is 108 Å². The summed E-state index contributed by atoms with van der Waals surface area (Å²) in [6.45, 7) is 1.96. The molecule has 0 aliphatic heterocycles. The van der Waals surface area contributed by atoms with Crippen molar-refractivity contribution in [2.75, 3.05) is 0 Å². The molecule has 21 heavy (non-hydrogen) atoms. The Hall–Kier alpha value is -2.57. The lowest BCUT2D eigenvalue weighted by molar-refractivity contribution is -0.139. The van der Waals surface area contributed by atoms with Crippen LogP contribution in [0.4, 0.5) is 0 Å². The van der Waals surface area contributed by atoms with Crippen LogP contribution in [-0.2, 0) is 4.79 Å². The molecule has 0 radical (unpaired) electrons. The third-order valence-corrected chi connectivity index (χ3v) is 3.05. The molecule has 0 aromatic carbocycles. The number of carboxylic acids is 1. The van der Waals surface area contributed by atoms with Gasteiger partial charge in [-0.05, 0) is 18.6 Å². The van der Waals surface area contributed by atoms with Crippen LogP contribution in [0.5, 0.6) is 0 Å². The Morgan fingerprint density at radius 2 is 2.33 bits per heavy atom. The van der Waals surface area contributed by atoms with E-state index in [-0.39, 0.29) is 5.69 Å². The van der Waals surface area contributed by atoms with E-state index in [4.69, 9.17) is 9.52 Å². The zero-order chi connectivity index (χ0) is 15.2. The van der Waals surface area contributed by atoms with Crippen LogP contribution in [0.15, 0.2) is 28.9 Å². The van der Waals surface area contributed by atoms with Gasteiger partial charge >= 0.3 is 5.97 Å². The summed E-state index contributed by atoms with van der Waals surface area (Å²) in [6, 6.07) is 4.08. The van der Waals surface area contributed by atoms with Gasteiger partial charge in [-0.15, -0.1) is 0 Å². The Bertz CT molecular complexity index is 604. The molecule has 0 aliphatic carbocycles. The maximum atomic E-state index is 12.0. The van der Waals surface area contributed by atoms with Crippen molar-refractivity contribution < 1.29 is 19.1 Å². The molecular weight excluding hydrogens is 274 g/mol. The molecule has 0 unspecified atom stereocenters. The molecule has 7 heteroatoms. The molecule has 2 aromatic heterocycles. The lowest BCUT2D eigenvalue weighted by Gasteiger charge is -2.12. The van der Waals surface area contributed by atoms with E-state index in [1.807, 2.05) is 6.92 Å². The second kappa shape index (κ2) is 6.74. The highest BCUT2D eigenvalue weighted by Crippen LogP contribution is 2.17. The van der Waals surface area contributed by atoms with Gasteiger partial charge in [-0.1, -0.05) is 19.8 Å². The minimum atomic E-state index is -1.04. The normalized spacial score (nSPS) is 12.0. The number of rotatable bonds is 7. The summed E-state index contributed by atoms with van der Waals surface area (Å²) in [4.78, 5) is 23.1. The number of hydrogen-bond acceptors (Lipinski definition) is 4. The predicted molar refractivity (Wildman–Crippen MR) is 74.7 cm³/mol. The van der Waals surface area contributed by atoms with E-state index in [1.165, 1.54) is 12.3 Å². The number of unbranched alkanes of at least 4 members (excludes halogenated alkanes) is 1. The number of carbonyl (C=O) groups is 2. The van der Waals surface area contributed by atoms with Crippen molar-refractivity contribution in [3.05, 3.63) is 30.2 Å². The number of aromatic amines is 1. The van der Waals surface area contributed by atoms with E-state index in [0.717, 1.165) is 12.8 Å². The van der Waals surface area contributed by atoms with Crippen LogP contribution in [0.2, 0.25) is 0 Å². The van der Waals surface area contributed by atoms with Crippen LogP contribution in [0.25, 0.3) is 11.5 Å². The molecule has 2 aromatic rings. The third kappa shape index (κ3) is 3.71. The van der Waals surface area contributed by atoms with E-state index >= 15 is 0 Å².